The van der Waals surface area contributed by atoms with Gasteiger partial charge >= 0.3 is 0 Å². The second-order valence-corrected chi connectivity index (χ2v) is 5.15. The van der Waals surface area contributed by atoms with Crippen molar-refractivity contribution in [1.82, 2.24) is 4.90 Å². The van der Waals surface area contributed by atoms with E-state index < -0.39 is 0 Å². The summed E-state index contributed by atoms with van der Waals surface area (Å²) in [5, 5.41) is 11.4. The fourth-order valence-corrected chi connectivity index (χ4v) is 1.98. The quantitative estimate of drug-likeness (QED) is 0.718. The number of carbonyl (C=O) groups excluding carboxylic acids is 2. The lowest BCUT2D eigenvalue weighted by atomic mass is 10.1. The number of benzene rings is 1. The summed E-state index contributed by atoms with van der Waals surface area (Å²) >= 11 is 0. The average molecular weight is 292 g/mol. The number of rotatable bonds is 8. The molecule has 0 atom stereocenters. The van der Waals surface area contributed by atoms with Crippen molar-refractivity contribution in [2.24, 2.45) is 0 Å². The minimum Gasteiger partial charge on any atom is -0.396 e. The Balaban J connectivity index is 2.41. The highest BCUT2D eigenvalue weighted by Crippen LogP contribution is 2.11. The van der Waals surface area contributed by atoms with Crippen LogP contribution in [0.3, 0.4) is 0 Å². The Bertz CT molecular complexity index is 457. The summed E-state index contributed by atoms with van der Waals surface area (Å²) in [7, 11) is 1.80. The van der Waals surface area contributed by atoms with Gasteiger partial charge < -0.3 is 15.3 Å². The maximum Gasteiger partial charge on any atom is 0.226 e. The van der Waals surface area contributed by atoms with Gasteiger partial charge in [0.1, 0.15) is 0 Å². The number of nitrogens with one attached hydrogen (secondary N) is 1. The first-order chi connectivity index (χ1) is 10.0. The molecule has 0 fully saturated rings. The van der Waals surface area contributed by atoms with Crippen molar-refractivity contribution in [3.63, 3.8) is 0 Å². The molecule has 0 aromatic heterocycles. The molecule has 0 bridgehead atoms. The van der Waals surface area contributed by atoms with Gasteiger partial charge in [0.25, 0.3) is 0 Å². The zero-order valence-corrected chi connectivity index (χ0v) is 12.8. The van der Waals surface area contributed by atoms with Crippen molar-refractivity contribution < 1.29 is 14.7 Å². The Morgan fingerprint density at radius 2 is 1.81 bits per heavy atom. The Hall–Kier alpha value is -1.88. The number of unbranched alkanes of at least 4 members (excludes halogenated alkanes) is 2. The minimum atomic E-state index is -0.110. The Morgan fingerprint density at radius 1 is 1.14 bits per heavy atom. The Labute approximate surface area is 126 Å². The predicted octanol–water partition coefficient (Wildman–Crippen LogP) is 1.81. The minimum absolute atomic E-state index is 0.0753. The second-order valence-electron chi connectivity index (χ2n) is 5.15. The van der Waals surface area contributed by atoms with Gasteiger partial charge in [-0.1, -0.05) is 12.1 Å². The van der Waals surface area contributed by atoms with Crippen LogP contribution in [-0.2, 0) is 16.0 Å². The SMILES string of the molecule is CC(=O)Nc1ccc(CC(=O)N(C)CCCCCO)cc1. The van der Waals surface area contributed by atoms with Crippen molar-refractivity contribution in [3.05, 3.63) is 29.8 Å². The summed E-state index contributed by atoms with van der Waals surface area (Å²) < 4.78 is 0. The molecule has 0 radical (unpaired) electrons. The topological polar surface area (TPSA) is 69.6 Å². The van der Waals surface area contributed by atoms with E-state index in [1.807, 2.05) is 12.1 Å². The van der Waals surface area contributed by atoms with Crippen molar-refractivity contribution in [2.75, 3.05) is 25.5 Å². The van der Waals surface area contributed by atoms with E-state index in [0.717, 1.165) is 30.5 Å². The zero-order valence-electron chi connectivity index (χ0n) is 12.8. The molecule has 0 aliphatic rings. The molecule has 0 saturated carbocycles. The summed E-state index contributed by atoms with van der Waals surface area (Å²) in [5.74, 6) is -0.0345. The summed E-state index contributed by atoms with van der Waals surface area (Å²) in [6, 6.07) is 7.29. The van der Waals surface area contributed by atoms with Crippen LogP contribution in [0.4, 0.5) is 5.69 Å². The number of likely N-dealkylation sites (N-methyl/N-ethyl adjacent to an activating group) is 1. The molecule has 0 aliphatic heterocycles. The molecule has 1 aromatic carbocycles. The van der Waals surface area contributed by atoms with Crippen LogP contribution in [-0.4, -0.2) is 42.0 Å². The maximum absolute atomic E-state index is 12.0. The molecule has 116 valence electrons. The largest absolute Gasteiger partial charge is 0.396 e. The first-order valence-corrected chi connectivity index (χ1v) is 7.24. The van der Waals surface area contributed by atoms with Crippen LogP contribution in [0.5, 0.6) is 0 Å². The Morgan fingerprint density at radius 3 is 2.38 bits per heavy atom. The summed E-state index contributed by atoms with van der Waals surface area (Å²) in [5.41, 5.74) is 1.66. The summed E-state index contributed by atoms with van der Waals surface area (Å²) in [4.78, 5) is 24.7. The van der Waals surface area contributed by atoms with Crippen LogP contribution in [0.2, 0.25) is 0 Å². The number of nitrogens with zero attached hydrogens (tertiary/aromatic N) is 1. The molecule has 5 heteroatoms. The highest BCUT2D eigenvalue weighted by molar-refractivity contribution is 5.88. The number of aliphatic hydroxyl groups is 1. The molecule has 21 heavy (non-hydrogen) atoms. The molecule has 2 N–H and O–H groups in total. The predicted molar refractivity (Wildman–Crippen MR) is 83.0 cm³/mol. The summed E-state index contributed by atoms with van der Waals surface area (Å²) in [6.07, 6.45) is 2.98. The van der Waals surface area contributed by atoms with Gasteiger partial charge in [-0.05, 0) is 37.0 Å². The maximum atomic E-state index is 12.0. The number of hydrogen-bond donors (Lipinski definition) is 2. The fourth-order valence-electron chi connectivity index (χ4n) is 1.98. The first-order valence-electron chi connectivity index (χ1n) is 7.24. The highest BCUT2D eigenvalue weighted by Gasteiger charge is 2.09. The van der Waals surface area contributed by atoms with Gasteiger partial charge in [-0.25, -0.2) is 0 Å². The van der Waals surface area contributed by atoms with Crippen LogP contribution in [0.1, 0.15) is 31.7 Å². The van der Waals surface area contributed by atoms with Crippen molar-refractivity contribution in [2.45, 2.75) is 32.6 Å². The van der Waals surface area contributed by atoms with Crippen LogP contribution in [0.15, 0.2) is 24.3 Å². The highest BCUT2D eigenvalue weighted by atomic mass is 16.3. The molecule has 1 rings (SSSR count). The van der Waals surface area contributed by atoms with E-state index in [2.05, 4.69) is 5.32 Å². The number of amides is 2. The van der Waals surface area contributed by atoms with E-state index in [1.54, 1.807) is 24.1 Å². The van der Waals surface area contributed by atoms with E-state index in [1.165, 1.54) is 6.92 Å². The standard InChI is InChI=1S/C16H24N2O3/c1-13(20)17-15-8-6-14(7-9-15)12-16(21)18(2)10-4-3-5-11-19/h6-9,19H,3-5,10-12H2,1-2H3,(H,17,20). The third kappa shape index (κ3) is 6.90. The third-order valence-electron chi connectivity index (χ3n) is 3.21. The third-order valence-corrected chi connectivity index (χ3v) is 3.21. The lowest BCUT2D eigenvalue weighted by molar-refractivity contribution is -0.129. The van der Waals surface area contributed by atoms with Crippen LogP contribution < -0.4 is 5.32 Å². The molecule has 0 saturated heterocycles. The molecule has 2 amide bonds. The molecule has 1 aromatic rings. The first kappa shape index (κ1) is 17.2. The van der Waals surface area contributed by atoms with Gasteiger partial charge in [-0.2, -0.15) is 0 Å². The van der Waals surface area contributed by atoms with E-state index in [4.69, 9.17) is 5.11 Å². The van der Waals surface area contributed by atoms with Crippen LogP contribution in [0.25, 0.3) is 0 Å². The van der Waals surface area contributed by atoms with Crippen LogP contribution >= 0.6 is 0 Å². The van der Waals surface area contributed by atoms with Gasteiger partial charge in [-0.15, -0.1) is 0 Å². The van der Waals surface area contributed by atoms with Crippen LogP contribution in [0, 0.1) is 0 Å². The lowest BCUT2D eigenvalue weighted by Gasteiger charge is -2.17. The summed E-state index contributed by atoms with van der Waals surface area (Å²) in [6.45, 7) is 2.38. The number of aliphatic hydroxyl groups excluding tert-OH is 1. The lowest BCUT2D eigenvalue weighted by Crippen LogP contribution is -2.29. The average Bonchev–Trinajstić information content (AvgIpc) is 2.45. The monoisotopic (exact) mass is 292 g/mol. The molecule has 5 nitrogen and oxygen atoms in total. The van der Waals surface area contributed by atoms with E-state index in [9.17, 15) is 9.59 Å². The molecule has 0 unspecified atom stereocenters. The number of carbonyl (C=O) groups is 2. The van der Waals surface area contributed by atoms with Crippen molar-refractivity contribution >= 4 is 17.5 Å². The van der Waals surface area contributed by atoms with Crippen molar-refractivity contribution in [3.8, 4) is 0 Å². The van der Waals surface area contributed by atoms with E-state index in [-0.39, 0.29) is 18.4 Å². The normalized spacial score (nSPS) is 10.2. The zero-order chi connectivity index (χ0) is 15.7. The molecule has 0 spiro atoms. The molecular weight excluding hydrogens is 268 g/mol. The molecule has 0 heterocycles. The van der Waals surface area contributed by atoms with Gasteiger partial charge in [0, 0.05) is 32.8 Å². The van der Waals surface area contributed by atoms with Gasteiger partial charge in [0.15, 0.2) is 0 Å². The van der Waals surface area contributed by atoms with Gasteiger partial charge in [0.05, 0.1) is 6.42 Å². The number of anilines is 1. The number of hydrogen-bond acceptors (Lipinski definition) is 3. The van der Waals surface area contributed by atoms with E-state index in [0.29, 0.717) is 13.0 Å². The smallest absolute Gasteiger partial charge is 0.226 e. The second kappa shape index (κ2) is 9.13. The van der Waals surface area contributed by atoms with E-state index >= 15 is 0 Å². The molecular formula is C16H24N2O3. The fraction of sp³-hybridized carbons (Fsp3) is 0.500. The van der Waals surface area contributed by atoms with Gasteiger partial charge in [0.2, 0.25) is 11.8 Å². The van der Waals surface area contributed by atoms with Gasteiger partial charge in [-0.3, -0.25) is 9.59 Å². The Kier molecular flexibility index (Phi) is 7.46. The molecule has 0 aliphatic carbocycles. The van der Waals surface area contributed by atoms with Crippen molar-refractivity contribution in [1.29, 1.82) is 0 Å².